The summed E-state index contributed by atoms with van der Waals surface area (Å²) in [7, 11) is 0. The molecule has 1 aromatic carbocycles. The van der Waals surface area contributed by atoms with Gasteiger partial charge in [-0.25, -0.2) is 0 Å². The van der Waals surface area contributed by atoms with Gasteiger partial charge in [0, 0.05) is 23.0 Å². The molecule has 0 radical (unpaired) electrons. The highest BCUT2D eigenvalue weighted by Gasteiger charge is 2.08. The summed E-state index contributed by atoms with van der Waals surface area (Å²) in [6.07, 6.45) is 2.17. The van der Waals surface area contributed by atoms with E-state index in [9.17, 15) is 0 Å². The van der Waals surface area contributed by atoms with Gasteiger partial charge < -0.3 is 10.7 Å². The Morgan fingerprint density at radius 1 is 1.33 bits per heavy atom. The molecule has 2 rings (SSSR count). The van der Waals surface area contributed by atoms with Crippen LogP contribution in [0.5, 0.6) is 0 Å². The van der Waals surface area contributed by atoms with Crippen LogP contribution in [0, 0.1) is 6.92 Å². The summed E-state index contributed by atoms with van der Waals surface area (Å²) in [4.78, 5) is 3.44. The molecule has 0 unspecified atom stereocenters. The van der Waals surface area contributed by atoms with Gasteiger partial charge in [-0.1, -0.05) is 13.0 Å². The molecule has 2 nitrogen and oxygen atoms in total. The van der Waals surface area contributed by atoms with E-state index in [0.717, 1.165) is 19.4 Å². The molecule has 2 heteroatoms. The minimum atomic E-state index is 0.962. The number of fused-ring (bicyclic) bond motifs is 1. The van der Waals surface area contributed by atoms with Crippen LogP contribution in [0.1, 0.15) is 23.7 Å². The minimum Gasteiger partial charge on any atom is -0.358 e. The molecule has 0 aliphatic carbocycles. The first kappa shape index (κ1) is 10.2. The topological polar surface area (TPSA) is 43.4 Å². The van der Waals surface area contributed by atoms with Crippen LogP contribution in [-0.2, 0) is 12.8 Å². The molecule has 0 atom stereocenters. The lowest BCUT2D eigenvalue weighted by Gasteiger charge is -1.99. The van der Waals surface area contributed by atoms with Crippen molar-refractivity contribution in [1.82, 2.24) is 4.98 Å². The summed E-state index contributed by atoms with van der Waals surface area (Å²) in [5.74, 6) is 0. The Labute approximate surface area is 90.5 Å². The summed E-state index contributed by atoms with van der Waals surface area (Å²) in [5.41, 5.74) is 9.34. The van der Waals surface area contributed by atoms with Gasteiger partial charge in [-0.15, -0.1) is 0 Å². The van der Waals surface area contributed by atoms with Crippen molar-refractivity contribution in [2.24, 2.45) is 0 Å². The minimum absolute atomic E-state index is 0.962. The zero-order valence-electron chi connectivity index (χ0n) is 9.56. The lowest BCUT2D eigenvalue weighted by Crippen LogP contribution is -2.51. The Morgan fingerprint density at radius 3 is 2.80 bits per heavy atom. The average molecular weight is 203 g/mol. The molecule has 15 heavy (non-hydrogen) atoms. The second-order valence-electron chi connectivity index (χ2n) is 4.07. The number of rotatable bonds is 3. The molecular formula is C13H19N2+. The van der Waals surface area contributed by atoms with E-state index in [4.69, 9.17) is 0 Å². The number of H-pyrrole nitrogens is 1. The van der Waals surface area contributed by atoms with Crippen molar-refractivity contribution in [2.75, 3.05) is 6.54 Å². The number of hydrogen-bond acceptors (Lipinski definition) is 0. The summed E-state index contributed by atoms with van der Waals surface area (Å²) in [5, 5.41) is 1.38. The van der Waals surface area contributed by atoms with E-state index in [2.05, 4.69) is 42.8 Å². The zero-order chi connectivity index (χ0) is 10.8. The highest BCUT2D eigenvalue weighted by Crippen LogP contribution is 2.23. The Balaban J connectivity index is 2.61. The third-order valence-electron chi connectivity index (χ3n) is 3.02. The Kier molecular flexibility index (Phi) is 2.78. The second-order valence-corrected chi connectivity index (χ2v) is 4.07. The Bertz CT molecular complexity index is 469. The largest absolute Gasteiger partial charge is 0.358 e. The van der Waals surface area contributed by atoms with Gasteiger partial charge in [0.15, 0.2) is 0 Å². The quantitative estimate of drug-likeness (QED) is 0.764. The van der Waals surface area contributed by atoms with Crippen molar-refractivity contribution < 1.29 is 5.73 Å². The molecule has 0 aliphatic rings. The van der Waals surface area contributed by atoms with Gasteiger partial charge in [0.05, 0.1) is 6.54 Å². The number of benzene rings is 1. The first-order chi connectivity index (χ1) is 7.26. The van der Waals surface area contributed by atoms with E-state index < -0.39 is 0 Å². The molecule has 4 N–H and O–H groups in total. The monoisotopic (exact) mass is 203 g/mol. The second kappa shape index (κ2) is 4.07. The van der Waals surface area contributed by atoms with Gasteiger partial charge in [0.25, 0.3) is 0 Å². The van der Waals surface area contributed by atoms with Gasteiger partial charge in [0.2, 0.25) is 0 Å². The smallest absolute Gasteiger partial charge is 0.0781 e. The predicted molar refractivity (Wildman–Crippen MR) is 63.9 cm³/mol. The molecule has 0 spiro atoms. The highest BCUT2D eigenvalue weighted by atomic mass is 14.7. The van der Waals surface area contributed by atoms with Crippen LogP contribution in [0.25, 0.3) is 10.9 Å². The maximum absolute atomic E-state index is 3.94. The predicted octanol–water partition coefficient (Wildman–Crippen LogP) is 1.82. The number of aromatic nitrogens is 1. The SMILES string of the molecule is CCc1ccc2[nH]c(C)c(CC[NH3+])c2c1. The first-order valence-electron chi connectivity index (χ1n) is 5.65. The number of aromatic amines is 1. The molecule has 2 aromatic rings. The number of hydrogen-bond donors (Lipinski definition) is 2. The van der Waals surface area contributed by atoms with Crippen molar-refractivity contribution in [3.8, 4) is 0 Å². The van der Waals surface area contributed by atoms with Crippen LogP contribution in [0.4, 0.5) is 0 Å². The van der Waals surface area contributed by atoms with E-state index in [1.807, 2.05) is 0 Å². The summed E-state index contributed by atoms with van der Waals surface area (Å²) in [6, 6.07) is 6.70. The highest BCUT2D eigenvalue weighted by molar-refractivity contribution is 5.85. The lowest BCUT2D eigenvalue weighted by molar-refractivity contribution is -0.366. The van der Waals surface area contributed by atoms with E-state index in [1.165, 1.54) is 27.7 Å². The summed E-state index contributed by atoms with van der Waals surface area (Å²) >= 11 is 0. The van der Waals surface area contributed by atoms with E-state index >= 15 is 0 Å². The standard InChI is InChI=1S/C13H18N2/c1-3-10-4-5-13-12(8-10)11(6-7-14)9(2)15-13/h4-5,8,15H,3,6-7,14H2,1-2H3/p+1. The fourth-order valence-electron chi connectivity index (χ4n) is 2.15. The number of aryl methyl sites for hydroxylation is 2. The molecule has 0 saturated carbocycles. The van der Waals surface area contributed by atoms with Crippen LogP contribution in [0.15, 0.2) is 18.2 Å². The number of nitrogens with one attached hydrogen (secondary N) is 1. The first-order valence-corrected chi connectivity index (χ1v) is 5.65. The van der Waals surface area contributed by atoms with Gasteiger partial charge in [-0.05, 0) is 36.6 Å². The molecule has 0 saturated heterocycles. The Morgan fingerprint density at radius 2 is 2.13 bits per heavy atom. The lowest BCUT2D eigenvalue weighted by atomic mass is 10.0. The van der Waals surface area contributed by atoms with Crippen molar-refractivity contribution in [3.05, 3.63) is 35.0 Å². The third-order valence-corrected chi connectivity index (χ3v) is 3.02. The molecule has 1 heterocycles. The molecule has 0 bridgehead atoms. The van der Waals surface area contributed by atoms with Crippen LogP contribution in [0.2, 0.25) is 0 Å². The fraction of sp³-hybridized carbons (Fsp3) is 0.385. The zero-order valence-corrected chi connectivity index (χ0v) is 9.56. The molecule has 0 aliphatic heterocycles. The Hall–Kier alpha value is -1.28. The van der Waals surface area contributed by atoms with Crippen molar-refractivity contribution >= 4 is 10.9 Å². The fourth-order valence-corrected chi connectivity index (χ4v) is 2.15. The molecule has 0 fully saturated rings. The van der Waals surface area contributed by atoms with Gasteiger partial charge in [0.1, 0.15) is 0 Å². The maximum atomic E-state index is 3.94. The van der Waals surface area contributed by atoms with E-state index in [-0.39, 0.29) is 0 Å². The van der Waals surface area contributed by atoms with Gasteiger partial charge >= 0.3 is 0 Å². The molecule has 80 valence electrons. The van der Waals surface area contributed by atoms with Crippen molar-refractivity contribution in [1.29, 1.82) is 0 Å². The normalized spacial score (nSPS) is 11.1. The average Bonchev–Trinajstić information content (AvgIpc) is 2.55. The van der Waals surface area contributed by atoms with Crippen LogP contribution in [0.3, 0.4) is 0 Å². The van der Waals surface area contributed by atoms with E-state index in [0.29, 0.717) is 0 Å². The maximum Gasteiger partial charge on any atom is 0.0781 e. The number of quaternary nitrogens is 1. The van der Waals surface area contributed by atoms with Crippen LogP contribution < -0.4 is 5.73 Å². The molecule has 1 aromatic heterocycles. The van der Waals surface area contributed by atoms with Crippen molar-refractivity contribution in [3.63, 3.8) is 0 Å². The van der Waals surface area contributed by atoms with Crippen molar-refractivity contribution in [2.45, 2.75) is 26.7 Å². The van der Waals surface area contributed by atoms with Crippen LogP contribution >= 0.6 is 0 Å². The van der Waals surface area contributed by atoms with Gasteiger partial charge in [-0.3, -0.25) is 0 Å². The summed E-state index contributed by atoms with van der Waals surface area (Å²) < 4.78 is 0. The van der Waals surface area contributed by atoms with E-state index in [1.54, 1.807) is 0 Å². The van der Waals surface area contributed by atoms with Gasteiger partial charge in [-0.2, -0.15) is 0 Å². The molecular weight excluding hydrogens is 184 g/mol. The van der Waals surface area contributed by atoms with Crippen LogP contribution in [-0.4, -0.2) is 11.5 Å². The summed E-state index contributed by atoms with van der Waals surface area (Å²) in [6.45, 7) is 5.31. The third kappa shape index (κ3) is 1.77. The molecule has 0 amide bonds.